The molecule has 0 amide bonds. The number of anilines is 3. The summed E-state index contributed by atoms with van der Waals surface area (Å²) in [5, 5.41) is 15.5. The predicted octanol–water partition coefficient (Wildman–Crippen LogP) is 2.30. The molecule has 0 aliphatic carbocycles. The smallest absolute Gasteiger partial charge is 0.253 e. The maximum atomic E-state index is 12.0. The molecule has 2 heterocycles. The van der Waals surface area contributed by atoms with Crippen LogP contribution in [0.1, 0.15) is 11.1 Å². The molecule has 0 unspecified atom stereocenters. The third-order valence-electron chi connectivity index (χ3n) is 4.23. The zero-order valence-corrected chi connectivity index (χ0v) is 14.0. The van der Waals surface area contributed by atoms with Gasteiger partial charge in [-0.25, -0.2) is 4.98 Å². The molecule has 7 heteroatoms. The Hall–Kier alpha value is -3.61. The highest BCUT2D eigenvalue weighted by molar-refractivity contribution is 5.79. The molecule has 0 bridgehead atoms. The van der Waals surface area contributed by atoms with Crippen molar-refractivity contribution in [3.05, 3.63) is 80.5 Å². The minimum atomic E-state index is -0.549. The Morgan fingerprint density at radius 2 is 1.96 bits per heavy atom. The van der Waals surface area contributed by atoms with Gasteiger partial charge in [0.15, 0.2) is 0 Å². The van der Waals surface area contributed by atoms with Gasteiger partial charge in [0.1, 0.15) is 22.8 Å². The van der Waals surface area contributed by atoms with Crippen molar-refractivity contribution >= 4 is 22.7 Å². The first-order chi connectivity index (χ1) is 12.5. The van der Waals surface area contributed by atoms with Gasteiger partial charge >= 0.3 is 0 Å². The van der Waals surface area contributed by atoms with E-state index in [1.54, 1.807) is 24.4 Å². The number of benzene rings is 1. The highest BCUT2D eigenvalue weighted by Gasteiger charge is 2.21. The van der Waals surface area contributed by atoms with Crippen LogP contribution in [-0.2, 0) is 6.54 Å². The van der Waals surface area contributed by atoms with E-state index < -0.39 is 10.9 Å². The number of phenolic OH excluding ortho intramolecular Hbond substituents is 1. The average molecular weight is 348 g/mol. The van der Waals surface area contributed by atoms with Crippen LogP contribution in [0.25, 0.3) is 5.65 Å². The molecule has 4 aromatic rings. The van der Waals surface area contributed by atoms with Gasteiger partial charge in [-0.15, -0.1) is 0 Å². The van der Waals surface area contributed by atoms with E-state index in [1.165, 1.54) is 0 Å². The first kappa shape index (κ1) is 15.9. The largest absolute Gasteiger partial charge is 0.508 e. The fraction of sp³-hybridized carbons (Fsp3) is 0.105. The van der Waals surface area contributed by atoms with Crippen LogP contribution in [0.5, 0.6) is 5.75 Å². The lowest BCUT2D eigenvalue weighted by Gasteiger charge is -2.15. The third-order valence-corrected chi connectivity index (χ3v) is 4.23. The first-order valence-electron chi connectivity index (χ1n) is 8.08. The van der Waals surface area contributed by atoms with E-state index in [4.69, 9.17) is 0 Å². The van der Waals surface area contributed by atoms with Crippen molar-refractivity contribution in [1.82, 2.24) is 9.38 Å². The van der Waals surface area contributed by atoms with Crippen molar-refractivity contribution < 1.29 is 5.11 Å². The summed E-state index contributed by atoms with van der Waals surface area (Å²) in [5.74, 6) is 0.150. The summed E-state index contributed by atoms with van der Waals surface area (Å²) < 4.78 is 1.85. The van der Waals surface area contributed by atoms with E-state index in [0.29, 0.717) is 12.2 Å². The fourth-order valence-electron chi connectivity index (χ4n) is 2.96. The Labute approximate surface area is 148 Å². The Morgan fingerprint density at radius 3 is 2.77 bits per heavy atom. The van der Waals surface area contributed by atoms with E-state index in [0.717, 1.165) is 16.8 Å². The number of nitrogens with one attached hydrogen (secondary N) is 2. The van der Waals surface area contributed by atoms with Crippen LogP contribution >= 0.6 is 0 Å². The van der Waals surface area contributed by atoms with E-state index >= 15 is 0 Å². The molecule has 3 N–H and O–H groups in total. The van der Waals surface area contributed by atoms with Crippen molar-refractivity contribution in [3.8, 4) is 5.75 Å². The van der Waals surface area contributed by atoms with Crippen LogP contribution in [0.3, 0.4) is 0 Å². The van der Waals surface area contributed by atoms with Gasteiger partial charge < -0.3 is 20.1 Å². The summed E-state index contributed by atoms with van der Waals surface area (Å²) in [7, 11) is 0. The topological polar surface area (TPSA) is 95.7 Å². The normalized spacial score (nSPS) is 11.1. The Morgan fingerprint density at radius 1 is 1.15 bits per heavy atom. The number of pyridine rings is 1. The lowest BCUT2D eigenvalue weighted by molar-refractivity contribution is 0.474. The zero-order valence-electron chi connectivity index (χ0n) is 14.0. The maximum absolute atomic E-state index is 12.0. The summed E-state index contributed by atoms with van der Waals surface area (Å²) in [6.07, 6.45) is 5.33. The van der Waals surface area contributed by atoms with Gasteiger partial charge in [0.05, 0.1) is 5.69 Å². The number of rotatable bonds is 5. The van der Waals surface area contributed by atoms with Crippen molar-refractivity contribution in [2.45, 2.75) is 13.5 Å². The van der Waals surface area contributed by atoms with E-state index in [9.17, 15) is 14.7 Å². The molecule has 4 rings (SSSR count). The number of aromatic nitrogens is 2. The lowest BCUT2D eigenvalue weighted by atomic mass is 10.1. The van der Waals surface area contributed by atoms with Crippen molar-refractivity contribution in [1.29, 1.82) is 0 Å². The second-order valence-electron chi connectivity index (χ2n) is 6.13. The van der Waals surface area contributed by atoms with Crippen molar-refractivity contribution in [3.63, 3.8) is 0 Å². The molecule has 2 aromatic carbocycles. The SMILES string of the molecule is Cc1cc(Nc2c(NCc3cccc(O)c3)c(=O)c2=O)cn2ccnc12. The molecule has 2 aromatic heterocycles. The second kappa shape index (κ2) is 6.03. The Kier molecular flexibility index (Phi) is 3.69. The summed E-state index contributed by atoms with van der Waals surface area (Å²) in [6, 6.07) is 8.58. The van der Waals surface area contributed by atoms with Crippen LogP contribution in [0.4, 0.5) is 17.1 Å². The van der Waals surface area contributed by atoms with E-state index in [1.807, 2.05) is 35.9 Å². The Balaban J connectivity index is 1.58. The molecule has 0 saturated carbocycles. The lowest BCUT2D eigenvalue weighted by Crippen LogP contribution is -2.36. The van der Waals surface area contributed by atoms with E-state index in [-0.39, 0.29) is 17.1 Å². The average Bonchev–Trinajstić information content (AvgIpc) is 3.10. The minimum Gasteiger partial charge on any atom is -0.508 e. The van der Waals surface area contributed by atoms with Crippen LogP contribution < -0.4 is 21.5 Å². The van der Waals surface area contributed by atoms with Crippen LogP contribution in [0, 0.1) is 6.92 Å². The number of imidazole rings is 1. The highest BCUT2D eigenvalue weighted by atomic mass is 16.3. The molecule has 0 radical (unpaired) electrons. The second-order valence-corrected chi connectivity index (χ2v) is 6.13. The Bertz CT molecular complexity index is 1190. The number of nitrogens with zero attached hydrogens (tertiary/aromatic N) is 2. The molecule has 0 fully saturated rings. The van der Waals surface area contributed by atoms with Crippen LogP contribution in [0.15, 0.2) is 58.5 Å². The number of fused-ring (bicyclic) bond motifs is 1. The monoisotopic (exact) mass is 348 g/mol. The number of hydrogen-bond acceptors (Lipinski definition) is 6. The van der Waals surface area contributed by atoms with E-state index in [2.05, 4.69) is 15.6 Å². The standard InChI is InChI=1S/C19H16N4O3/c1-11-7-13(10-23-6-5-20-19(11)23)22-16-15(17(25)18(16)26)21-9-12-3-2-4-14(24)8-12/h2-8,10,21-22,24H,9H2,1H3. The van der Waals surface area contributed by atoms with Gasteiger partial charge in [-0.05, 0) is 36.2 Å². The molecule has 0 atom stereocenters. The summed E-state index contributed by atoms with van der Waals surface area (Å²) in [6.45, 7) is 2.25. The van der Waals surface area contributed by atoms with Gasteiger partial charge in [0, 0.05) is 25.1 Å². The third kappa shape index (κ3) is 2.69. The van der Waals surface area contributed by atoms with Crippen LogP contribution in [-0.4, -0.2) is 14.5 Å². The zero-order chi connectivity index (χ0) is 18.3. The van der Waals surface area contributed by atoms with Gasteiger partial charge in [-0.1, -0.05) is 12.1 Å². The van der Waals surface area contributed by atoms with Crippen molar-refractivity contribution in [2.24, 2.45) is 0 Å². The maximum Gasteiger partial charge on any atom is 0.253 e. The van der Waals surface area contributed by atoms with Gasteiger partial charge in [0.25, 0.3) is 10.9 Å². The van der Waals surface area contributed by atoms with Gasteiger partial charge in [0.2, 0.25) is 0 Å². The predicted molar refractivity (Wildman–Crippen MR) is 100.0 cm³/mol. The first-order valence-corrected chi connectivity index (χ1v) is 8.08. The molecule has 130 valence electrons. The quantitative estimate of drug-likeness (QED) is 0.479. The molecule has 7 nitrogen and oxygen atoms in total. The van der Waals surface area contributed by atoms with Crippen molar-refractivity contribution in [2.75, 3.05) is 10.6 Å². The fourth-order valence-corrected chi connectivity index (χ4v) is 2.96. The molecule has 0 aliphatic heterocycles. The summed E-state index contributed by atoms with van der Waals surface area (Å²) in [5.41, 5.74) is 2.69. The van der Waals surface area contributed by atoms with Crippen LogP contribution in [0.2, 0.25) is 0 Å². The number of aryl methyl sites for hydroxylation is 1. The highest BCUT2D eigenvalue weighted by Crippen LogP contribution is 2.23. The number of hydrogen-bond donors (Lipinski definition) is 3. The summed E-state index contributed by atoms with van der Waals surface area (Å²) in [4.78, 5) is 28.1. The molecular formula is C19H16N4O3. The molecule has 0 spiro atoms. The molecular weight excluding hydrogens is 332 g/mol. The molecule has 0 saturated heterocycles. The van der Waals surface area contributed by atoms with Gasteiger partial charge in [-0.3, -0.25) is 9.59 Å². The minimum absolute atomic E-state index is 0.150. The number of aromatic hydroxyl groups is 1. The van der Waals surface area contributed by atoms with Gasteiger partial charge in [-0.2, -0.15) is 0 Å². The molecule has 0 aliphatic rings. The number of phenols is 1. The summed E-state index contributed by atoms with van der Waals surface area (Å²) >= 11 is 0. The molecule has 26 heavy (non-hydrogen) atoms.